The Bertz CT molecular complexity index is 1710. The Morgan fingerprint density at radius 2 is 2.00 bits per heavy atom. The molecule has 1 fully saturated rings. The van der Waals surface area contributed by atoms with E-state index >= 15 is 0 Å². The normalized spacial score (nSPS) is 15.8. The third-order valence-electron chi connectivity index (χ3n) is 7.20. The number of alkyl halides is 2. The SMILES string of the molecule is C=C/C=C(/c1ccc(C)s1)c1cc(-c2n[nH]c3ccc(-c4cncc(CN5CCC(F)(F)C5)c4)cc23)[nH]c1C. The molecule has 2 N–H and O–H groups in total. The molecule has 1 aromatic carbocycles. The minimum Gasteiger partial charge on any atom is -0.357 e. The minimum absolute atomic E-state index is 0.0855. The average molecular weight is 542 g/mol. The van der Waals surface area contributed by atoms with E-state index in [0.717, 1.165) is 55.8 Å². The van der Waals surface area contributed by atoms with Gasteiger partial charge in [-0.1, -0.05) is 24.8 Å². The van der Waals surface area contributed by atoms with Gasteiger partial charge in [-0.25, -0.2) is 8.78 Å². The van der Waals surface area contributed by atoms with Gasteiger partial charge in [0.05, 0.1) is 17.8 Å². The Balaban J connectivity index is 1.33. The number of H-pyrrole nitrogens is 2. The van der Waals surface area contributed by atoms with Crippen molar-refractivity contribution in [1.82, 2.24) is 25.1 Å². The molecule has 0 radical (unpaired) electrons. The second-order valence-electron chi connectivity index (χ2n) is 10.2. The van der Waals surface area contributed by atoms with Gasteiger partial charge in [-0.05, 0) is 61.4 Å². The van der Waals surface area contributed by atoms with Crippen LogP contribution in [-0.4, -0.2) is 44.1 Å². The van der Waals surface area contributed by atoms with Crippen LogP contribution in [0.25, 0.3) is 39.0 Å². The highest BCUT2D eigenvalue weighted by Crippen LogP contribution is 2.36. The van der Waals surface area contributed by atoms with E-state index in [9.17, 15) is 8.78 Å². The van der Waals surface area contributed by atoms with Gasteiger partial charge in [-0.2, -0.15) is 5.10 Å². The highest BCUT2D eigenvalue weighted by Gasteiger charge is 2.37. The summed E-state index contributed by atoms with van der Waals surface area (Å²) < 4.78 is 27.3. The zero-order valence-corrected chi connectivity index (χ0v) is 22.7. The Hall–Kier alpha value is -3.88. The topological polar surface area (TPSA) is 60.6 Å². The van der Waals surface area contributed by atoms with Crippen molar-refractivity contribution in [3.8, 4) is 22.5 Å². The number of benzene rings is 1. The number of hydrogen-bond donors (Lipinski definition) is 2. The first-order chi connectivity index (χ1) is 18.8. The van der Waals surface area contributed by atoms with Crippen molar-refractivity contribution in [3.05, 3.63) is 100 Å². The predicted molar refractivity (Wildman–Crippen MR) is 155 cm³/mol. The van der Waals surface area contributed by atoms with E-state index in [4.69, 9.17) is 0 Å². The van der Waals surface area contributed by atoms with Crippen molar-refractivity contribution < 1.29 is 8.78 Å². The maximum Gasteiger partial charge on any atom is 0.261 e. The summed E-state index contributed by atoms with van der Waals surface area (Å²) in [5, 5.41) is 8.80. The van der Waals surface area contributed by atoms with Crippen molar-refractivity contribution in [1.29, 1.82) is 0 Å². The fraction of sp³-hybridized carbons (Fsp3) is 0.226. The lowest BCUT2D eigenvalue weighted by Crippen LogP contribution is -2.24. The van der Waals surface area contributed by atoms with Crippen LogP contribution in [0.4, 0.5) is 8.78 Å². The maximum absolute atomic E-state index is 13.7. The molecule has 1 saturated heterocycles. The van der Waals surface area contributed by atoms with Crippen LogP contribution in [0, 0.1) is 13.8 Å². The maximum atomic E-state index is 13.7. The molecule has 0 atom stereocenters. The van der Waals surface area contributed by atoms with Crippen LogP contribution in [0.2, 0.25) is 0 Å². The predicted octanol–water partition coefficient (Wildman–Crippen LogP) is 7.76. The highest BCUT2D eigenvalue weighted by molar-refractivity contribution is 7.13. The standard InChI is InChI=1S/C31H29F2N5S/c1-4-5-24(29-9-6-19(2)39-29)25-14-28(35-20(25)3)30-26-13-22(7-8-27(26)36-37-30)23-12-21(15-34-16-23)17-38-11-10-31(32,33)18-38/h4-9,12-16,35H,1,10-11,17-18H2,2-3H3,(H,36,37)/b24-5+. The van der Waals surface area contributed by atoms with Crippen LogP contribution in [0.3, 0.4) is 0 Å². The van der Waals surface area contributed by atoms with E-state index in [1.165, 1.54) is 9.75 Å². The van der Waals surface area contributed by atoms with Crippen LogP contribution in [0.1, 0.15) is 33.0 Å². The van der Waals surface area contributed by atoms with Gasteiger partial charge >= 0.3 is 0 Å². The van der Waals surface area contributed by atoms with Crippen LogP contribution in [-0.2, 0) is 6.54 Å². The summed E-state index contributed by atoms with van der Waals surface area (Å²) in [6, 6.07) is 14.6. The van der Waals surface area contributed by atoms with Crippen LogP contribution < -0.4 is 0 Å². The largest absolute Gasteiger partial charge is 0.357 e. The number of aryl methyl sites for hydroxylation is 2. The Kier molecular flexibility index (Phi) is 6.53. The highest BCUT2D eigenvalue weighted by atomic mass is 32.1. The number of pyridine rings is 1. The molecule has 0 unspecified atom stereocenters. The Morgan fingerprint density at radius 1 is 1.13 bits per heavy atom. The Labute approximate surface area is 229 Å². The van der Waals surface area contributed by atoms with E-state index in [0.29, 0.717) is 13.1 Å². The third-order valence-corrected chi connectivity index (χ3v) is 8.23. The fourth-order valence-electron chi connectivity index (χ4n) is 5.30. The second kappa shape index (κ2) is 10.0. The number of aromatic nitrogens is 4. The van der Waals surface area contributed by atoms with E-state index in [1.54, 1.807) is 22.4 Å². The average Bonchev–Trinajstić information content (AvgIpc) is 3.69. The summed E-state index contributed by atoms with van der Waals surface area (Å²) in [7, 11) is 0. The second-order valence-corrected chi connectivity index (χ2v) is 11.5. The molecule has 5 heterocycles. The van der Waals surface area contributed by atoms with E-state index in [2.05, 4.69) is 70.9 Å². The van der Waals surface area contributed by atoms with Crippen molar-refractivity contribution in [2.75, 3.05) is 13.1 Å². The lowest BCUT2D eigenvalue weighted by Gasteiger charge is -2.15. The van der Waals surface area contributed by atoms with Crippen LogP contribution >= 0.6 is 11.3 Å². The monoisotopic (exact) mass is 541 g/mol. The minimum atomic E-state index is -2.60. The fourth-order valence-corrected chi connectivity index (χ4v) is 6.21. The molecular weight excluding hydrogens is 512 g/mol. The first-order valence-corrected chi connectivity index (χ1v) is 13.7. The zero-order chi connectivity index (χ0) is 27.1. The molecule has 0 spiro atoms. The number of thiophene rings is 1. The summed E-state index contributed by atoms with van der Waals surface area (Å²) >= 11 is 1.76. The van der Waals surface area contributed by atoms with Crippen molar-refractivity contribution >= 4 is 27.8 Å². The molecule has 5 nitrogen and oxygen atoms in total. The van der Waals surface area contributed by atoms with E-state index < -0.39 is 5.92 Å². The van der Waals surface area contributed by atoms with Gasteiger partial charge in [0, 0.05) is 69.4 Å². The molecule has 0 bridgehead atoms. The molecule has 1 aliphatic heterocycles. The molecule has 0 aliphatic carbocycles. The molecule has 4 aromatic heterocycles. The van der Waals surface area contributed by atoms with Crippen LogP contribution in [0.5, 0.6) is 0 Å². The van der Waals surface area contributed by atoms with Gasteiger partial charge in [-0.3, -0.25) is 15.0 Å². The zero-order valence-electron chi connectivity index (χ0n) is 21.9. The van der Waals surface area contributed by atoms with Crippen molar-refractivity contribution in [2.24, 2.45) is 0 Å². The molecule has 198 valence electrons. The number of aromatic amines is 2. The Morgan fingerprint density at radius 3 is 2.74 bits per heavy atom. The lowest BCUT2D eigenvalue weighted by molar-refractivity contribution is 0.0115. The summed E-state index contributed by atoms with van der Waals surface area (Å²) in [6.07, 6.45) is 7.36. The van der Waals surface area contributed by atoms with Crippen LogP contribution in [0.15, 0.2) is 73.6 Å². The van der Waals surface area contributed by atoms with Crippen molar-refractivity contribution in [2.45, 2.75) is 32.7 Å². The molecule has 6 rings (SSSR count). The van der Waals surface area contributed by atoms with Crippen molar-refractivity contribution in [3.63, 3.8) is 0 Å². The summed E-state index contributed by atoms with van der Waals surface area (Å²) in [5.74, 6) is -2.60. The molecular formula is C31H29F2N5S. The van der Waals surface area contributed by atoms with E-state index in [1.807, 2.05) is 30.5 Å². The van der Waals surface area contributed by atoms with Gasteiger partial charge in [0.25, 0.3) is 5.92 Å². The first-order valence-electron chi connectivity index (χ1n) is 12.9. The summed E-state index contributed by atoms with van der Waals surface area (Å²) in [4.78, 5) is 12.2. The van der Waals surface area contributed by atoms with Gasteiger partial charge in [-0.15, -0.1) is 11.3 Å². The molecule has 0 amide bonds. The third kappa shape index (κ3) is 5.10. The number of rotatable bonds is 7. The number of hydrogen-bond acceptors (Lipinski definition) is 4. The van der Waals surface area contributed by atoms with Gasteiger partial charge < -0.3 is 4.98 Å². The molecule has 1 aliphatic rings. The summed E-state index contributed by atoms with van der Waals surface area (Å²) in [6.45, 7) is 8.77. The lowest BCUT2D eigenvalue weighted by atomic mass is 10.0. The van der Waals surface area contributed by atoms with E-state index in [-0.39, 0.29) is 13.0 Å². The smallest absolute Gasteiger partial charge is 0.261 e. The number of fused-ring (bicyclic) bond motifs is 1. The van der Waals surface area contributed by atoms with Gasteiger partial charge in [0.2, 0.25) is 0 Å². The number of nitrogens with one attached hydrogen (secondary N) is 2. The molecule has 39 heavy (non-hydrogen) atoms. The molecule has 8 heteroatoms. The number of allylic oxidation sites excluding steroid dienone is 2. The molecule has 0 saturated carbocycles. The number of halogens is 2. The first kappa shape index (κ1) is 25.4. The number of nitrogens with zero attached hydrogens (tertiary/aromatic N) is 3. The number of likely N-dealkylation sites (tertiary alicyclic amines) is 1. The molecule has 5 aromatic rings. The van der Waals surface area contributed by atoms with Gasteiger partial charge in [0.15, 0.2) is 0 Å². The quantitative estimate of drug-likeness (QED) is 0.207. The van der Waals surface area contributed by atoms with Gasteiger partial charge in [0.1, 0.15) is 5.69 Å². The summed E-state index contributed by atoms with van der Waals surface area (Å²) in [5.41, 5.74) is 8.86.